The summed E-state index contributed by atoms with van der Waals surface area (Å²) in [7, 11) is 0. The van der Waals surface area contributed by atoms with Gasteiger partial charge in [-0.25, -0.2) is 14.6 Å². The number of rotatable bonds is 8. The summed E-state index contributed by atoms with van der Waals surface area (Å²) in [6, 6.07) is 10.4. The maximum atomic E-state index is 13.6. The van der Waals surface area contributed by atoms with Crippen molar-refractivity contribution in [1.29, 1.82) is 0 Å². The fourth-order valence-electron chi connectivity index (χ4n) is 4.20. The summed E-state index contributed by atoms with van der Waals surface area (Å²) in [4.78, 5) is 55.7. The van der Waals surface area contributed by atoms with Gasteiger partial charge < -0.3 is 20.1 Å². The highest BCUT2D eigenvalue weighted by Crippen LogP contribution is 2.35. The number of alkyl carbamates (subject to hydrolysis) is 1. The number of fused-ring (bicyclic) bond motifs is 1. The predicted molar refractivity (Wildman–Crippen MR) is 163 cm³/mol. The van der Waals surface area contributed by atoms with Crippen LogP contribution in [0, 0.1) is 0 Å². The second-order valence-corrected chi connectivity index (χ2v) is 10.9. The first-order valence-electron chi connectivity index (χ1n) is 13.5. The molecule has 1 aliphatic heterocycles. The number of carbonyl (C=O) groups is 4. The third-order valence-electron chi connectivity index (χ3n) is 5.82. The molecule has 1 heterocycles. The molecule has 2 aromatic carbocycles. The molecule has 4 N–H and O–H groups in total. The first-order chi connectivity index (χ1) is 19.8. The number of ether oxygens (including phenoxy) is 2. The molecule has 1 aliphatic rings. The molecule has 2 aromatic rings. The van der Waals surface area contributed by atoms with Crippen molar-refractivity contribution in [3.63, 3.8) is 0 Å². The fraction of sp³-hybridized carbons (Fsp3) is 0.367. The van der Waals surface area contributed by atoms with Crippen LogP contribution >= 0.6 is 11.6 Å². The molecule has 0 saturated carbocycles. The summed E-state index contributed by atoms with van der Waals surface area (Å²) < 4.78 is 10.3. The van der Waals surface area contributed by atoms with Crippen LogP contribution in [0.3, 0.4) is 0 Å². The first-order valence-corrected chi connectivity index (χ1v) is 13.9. The lowest BCUT2D eigenvalue weighted by Crippen LogP contribution is -2.41. The van der Waals surface area contributed by atoms with E-state index in [2.05, 4.69) is 15.6 Å². The first kappa shape index (κ1) is 32.1. The van der Waals surface area contributed by atoms with Crippen LogP contribution in [0.2, 0.25) is 5.02 Å². The molecular weight excluding hydrogens is 562 g/mol. The quantitative estimate of drug-likeness (QED) is 0.358. The minimum Gasteiger partial charge on any atom is -0.450 e. The molecule has 0 radical (unpaired) electrons. The van der Waals surface area contributed by atoms with E-state index in [4.69, 9.17) is 26.8 Å². The van der Waals surface area contributed by atoms with Gasteiger partial charge in [-0.15, -0.1) is 0 Å². The van der Waals surface area contributed by atoms with Gasteiger partial charge >= 0.3 is 12.2 Å². The maximum absolute atomic E-state index is 13.6. The molecule has 224 valence electrons. The second-order valence-electron chi connectivity index (χ2n) is 10.5. The monoisotopic (exact) mass is 597 g/mol. The lowest BCUT2D eigenvalue weighted by atomic mass is 9.99. The van der Waals surface area contributed by atoms with E-state index in [1.165, 1.54) is 4.90 Å². The average Bonchev–Trinajstić information content (AvgIpc) is 3.05. The van der Waals surface area contributed by atoms with Crippen LogP contribution in [-0.2, 0) is 19.1 Å². The highest BCUT2D eigenvalue weighted by Gasteiger charge is 2.25. The standard InChI is InChI=1S/C30H36ClN5O6/c1-6-12-36(17-25(32)37)27(38)20-14-19-13-18(22-10-9-21(16-23(22)31)33-28(39)41-7-2)8-11-24(19)34-26(15-20)35-29(40)42-30(3,4)5/h8-11,13-14,16H,6-7,12,15,17H2,1-5H3,(H2,32,37)(H,33,39)(H,34,35,40). The minimum atomic E-state index is -0.739. The Morgan fingerprint density at radius 2 is 1.79 bits per heavy atom. The molecule has 0 fully saturated rings. The molecule has 42 heavy (non-hydrogen) atoms. The molecule has 11 nitrogen and oxygen atoms in total. The molecular formula is C30H36ClN5O6. The van der Waals surface area contributed by atoms with Gasteiger partial charge in [0.25, 0.3) is 5.91 Å². The number of benzene rings is 2. The lowest BCUT2D eigenvalue weighted by molar-refractivity contribution is -0.132. The Bertz CT molecular complexity index is 1430. The number of halogens is 1. The van der Waals surface area contributed by atoms with Gasteiger partial charge in [-0.05, 0) is 70.0 Å². The van der Waals surface area contributed by atoms with Gasteiger partial charge in [0.15, 0.2) is 0 Å². The van der Waals surface area contributed by atoms with E-state index in [-0.39, 0.29) is 25.4 Å². The smallest absolute Gasteiger partial charge is 0.413 e. The number of hydrogen-bond acceptors (Lipinski definition) is 7. The Morgan fingerprint density at radius 1 is 1.05 bits per heavy atom. The summed E-state index contributed by atoms with van der Waals surface area (Å²) >= 11 is 6.58. The van der Waals surface area contributed by atoms with E-state index in [9.17, 15) is 19.2 Å². The van der Waals surface area contributed by atoms with Crippen LogP contribution in [0.4, 0.5) is 21.0 Å². The van der Waals surface area contributed by atoms with Gasteiger partial charge in [0.2, 0.25) is 5.91 Å². The third-order valence-corrected chi connectivity index (χ3v) is 6.13. The largest absolute Gasteiger partial charge is 0.450 e. The van der Waals surface area contributed by atoms with Crippen molar-refractivity contribution in [2.24, 2.45) is 10.7 Å². The normalized spacial score (nSPS) is 12.6. The number of aliphatic imine (C=N–C) groups is 1. The van der Waals surface area contributed by atoms with Crippen LogP contribution in [0.25, 0.3) is 17.2 Å². The van der Waals surface area contributed by atoms with E-state index in [1.54, 1.807) is 58.0 Å². The topological polar surface area (TPSA) is 152 Å². The predicted octanol–water partition coefficient (Wildman–Crippen LogP) is 5.64. The zero-order chi connectivity index (χ0) is 31.0. The molecule has 0 aliphatic carbocycles. The number of anilines is 1. The highest BCUT2D eigenvalue weighted by molar-refractivity contribution is 6.33. The fourth-order valence-corrected chi connectivity index (χ4v) is 4.49. The maximum Gasteiger partial charge on any atom is 0.413 e. The Morgan fingerprint density at radius 3 is 2.40 bits per heavy atom. The number of primary amides is 1. The number of nitrogens with one attached hydrogen (secondary N) is 2. The van der Waals surface area contributed by atoms with Crippen LogP contribution in [0.15, 0.2) is 47.0 Å². The number of nitrogens with zero attached hydrogens (tertiary/aromatic N) is 2. The van der Waals surface area contributed by atoms with Crippen molar-refractivity contribution in [1.82, 2.24) is 10.2 Å². The van der Waals surface area contributed by atoms with Crippen molar-refractivity contribution < 1.29 is 28.7 Å². The van der Waals surface area contributed by atoms with Gasteiger partial charge in [0.05, 0.1) is 23.9 Å². The Balaban J connectivity index is 2.04. The molecule has 0 unspecified atom stereocenters. The summed E-state index contributed by atoms with van der Waals surface area (Å²) in [6.07, 6.45) is 0.984. The summed E-state index contributed by atoms with van der Waals surface area (Å²) in [6.45, 7) is 9.13. The van der Waals surface area contributed by atoms with Crippen LogP contribution in [0.5, 0.6) is 0 Å². The number of amides is 4. The van der Waals surface area contributed by atoms with Crippen molar-refractivity contribution in [3.8, 4) is 11.1 Å². The van der Waals surface area contributed by atoms with E-state index >= 15 is 0 Å². The van der Waals surface area contributed by atoms with Gasteiger partial charge in [0.1, 0.15) is 11.4 Å². The van der Waals surface area contributed by atoms with E-state index < -0.39 is 29.6 Å². The number of carbonyl (C=O) groups excluding carboxylic acids is 4. The van der Waals surface area contributed by atoms with Crippen molar-refractivity contribution in [2.45, 2.75) is 53.1 Å². The van der Waals surface area contributed by atoms with Gasteiger partial charge in [-0.1, -0.05) is 30.7 Å². The zero-order valence-electron chi connectivity index (χ0n) is 24.4. The highest BCUT2D eigenvalue weighted by atomic mass is 35.5. The van der Waals surface area contributed by atoms with Crippen LogP contribution in [-0.4, -0.2) is 60.0 Å². The average molecular weight is 598 g/mol. The van der Waals surface area contributed by atoms with Crippen molar-refractivity contribution in [3.05, 3.63) is 52.6 Å². The Hall–Kier alpha value is -4.38. The Labute approximate surface area is 250 Å². The number of hydrogen-bond donors (Lipinski definition) is 3. The second kappa shape index (κ2) is 14.0. The molecule has 0 aromatic heterocycles. The molecule has 0 atom stereocenters. The molecule has 0 spiro atoms. The molecule has 0 bridgehead atoms. The van der Waals surface area contributed by atoms with Crippen LogP contribution < -0.4 is 16.4 Å². The van der Waals surface area contributed by atoms with E-state index in [1.807, 2.05) is 19.1 Å². The zero-order valence-corrected chi connectivity index (χ0v) is 25.1. The molecule has 3 rings (SSSR count). The van der Waals surface area contributed by atoms with Crippen molar-refractivity contribution >= 4 is 58.9 Å². The third kappa shape index (κ3) is 9.07. The van der Waals surface area contributed by atoms with Crippen LogP contribution in [0.1, 0.15) is 53.0 Å². The van der Waals surface area contributed by atoms with Gasteiger partial charge in [-0.2, -0.15) is 0 Å². The molecule has 4 amide bonds. The summed E-state index contributed by atoms with van der Waals surface area (Å²) in [5.41, 5.74) is 7.94. The number of nitrogens with two attached hydrogens (primary N) is 1. The SMILES string of the molecule is CCCN(CC(N)=O)C(=O)C1=Cc2cc(-c3ccc(NC(=O)OCC)cc3Cl)ccc2N=C(NC(=O)OC(C)(C)C)C1. The lowest BCUT2D eigenvalue weighted by Gasteiger charge is -2.23. The van der Waals surface area contributed by atoms with E-state index in [0.717, 1.165) is 5.56 Å². The summed E-state index contributed by atoms with van der Waals surface area (Å²) in [5, 5.41) is 5.65. The van der Waals surface area contributed by atoms with Crippen molar-refractivity contribution in [2.75, 3.05) is 25.0 Å². The number of amidine groups is 1. The van der Waals surface area contributed by atoms with E-state index in [0.29, 0.717) is 46.1 Å². The van der Waals surface area contributed by atoms with Gasteiger partial charge in [-0.3, -0.25) is 20.2 Å². The molecule has 12 heteroatoms. The summed E-state index contributed by atoms with van der Waals surface area (Å²) in [5.74, 6) is -0.830. The molecule has 0 saturated heterocycles. The Kier molecular flexibility index (Phi) is 10.7. The minimum absolute atomic E-state index is 0.0178. The van der Waals surface area contributed by atoms with Gasteiger partial charge in [0, 0.05) is 35.4 Å².